The van der Waals surface area contributed by atoms with Gasteiger partial charge in [0.25, 0.3) is 5.91 Å². The zero-order valence-corrected chi connectivity index (χ0v) is 19.4. The first-order valence-corrected chi connectivity index (χ1v) is 11.5. The number of hydrogen-bond donors (Lipinski definition) is 2. The highest BCUT2D eigenvalue weighted by molar-refractivity contribution is 8.16. The number of benzene rings is 2. The van der Waals surface area contributed by atoms with Crippen molar-refractivity contribution in [3.63, 3.8) is 0 Å². The molecule has 1 amide bonds. The Morgan fingerprint density at radius 3 is 2.72 bits per heavy atom. The summed E-state index contributed by atoms with van der Waals surface area (Å²) < 4.78 is 5.37. The molecule has 1 aliphatic rings. The van der Waals surface area contributed by atoms with Crippen molar-refractivity contribution in [2.75, 3.05) is 24.7 Å². The van der Waals surface area contributed by atoms with Crippen LogP contribution in [0.2, 0.25) is 5.02 Å². The molecule has 0 aromatic heterocycles. The van der Waals surface area contributed by atoms with E-state index in [4.69, 9.17) is 21.4 Å². The van der Waals surface area contributed by atoms with Gasteiger partial charge in [-0.15, -0.1) is 0 Å². The number of nitrogens with zero attached hydrogens (tertiary/aromatic N) is 2. The molecular weight excluding hydrogens is 452 g/mol. The lowest BCUT2D eigenvalue weighted by Crippen LogP contribution is -2.35. The summed E-state index contributed by atoms with van der Waals surface area (Å²) in [5.41, 5.74) is 1.89. The zero-order valence-electron chi connectivity index (χ0n) is 17.8. The van der Waals surface area contributed by atoms with Crippen molar-refractivity contribution in [2.24, 2.45) is 4.99 Å². The molecule has 3 rings (SSSR count). The van der Waals surface area contributed by atoms with Crippen molar-refractivity contribution >= 4 is 45.9 Å². The van der Waals surface area contributed by atoms with Crippen molar-refractivity contribution in [1.29, 1.82) is 0 Å². The number of amidine groups is 1. The Morgan fingerprint density at radius 1 is 1.31 bits per heavy atom. The maximum atomic E-state index is 13.3. The van der Waals surface area contributed by atoms with E-state index >= 15 is 0 Å². The summed E-state index contributed by atoms with van der Waals surface area (Å²) in [6.07, 6.45) is -0.214. The summed E-state index contributed by atoms with van der Waals surface area (Å²) in [7, 11) is 0. The van der Waals surface area contributed by atoms with Crippen molar-refractivity contribution in [2.45, 2.75) is 31.6 Å². The lowest BCUT2D eigenvalue weighted by atomic mass is 10.1. The number of aliphatic hydroxyl groups excluding tert-OH is 2. The van der Waals surface area contributed by atoms with Crippen LogP contribution in [0.15, 0.2) is 47.5 Å². The molecule has 0 saturated carbocycles. The Hall–Kier alpha value is -2.39. The average molecular weight is 477 g/mol. The normalized spacial score (nSPS) is 18.3. The van der Waals surface area contributed by atoms with Gasteiger partial charge in [0.2, 0.25) is 0 Å². The number of Topliss-reactive ketones (excluding diaryl/α,β-unsaturated/α-hetero) is 1. The number of amides is 1. The van der Waals surface area contributed by atoms with Gasteiger partial charge in [0.1, 0.15) is 18.5 Å². The van der Waals surface area contributed by atoms with Crippen LogP contribution in [0.5, 0.6) is 5.75 Å². The Morgan fingerprint density at radius 2 is 2.06 bits per heavy atom. The number of carbonyl (C=O) groups is 2. The zero-order chi connectivity index (χ0) is 23.3. The van der Waals surface area contributed by atoms with Gasteiger partial charge < -0.3 is 14.9 Å². The summed E-state index contributed by atoms with van der Waals surface area (Å²) in [6, 6.07) is 12.0. The molecule has 1 unspecified atom stereocenters. The second kappa shape index (κ2) is 11.0. The number of hydrogen-bond acceptors (Lipinski definition) is 7. The third-order valence-electron chi connectivity index (χ3n) is 4.78. The number of para-hydroxylation sites is 1. The van der Waals surface area contributed by atoms with Crippen LogP contribution in [0, 0.1) is 6.92 Å². The van der Waals surface area contributed by atoms with Crippen molar-refractivity contribution in [3.8, 4) is 5.75 Å². The Bertz CT molecular complexity index is 1030. The summed E-state index contributed by atoms with van der Waals surface area (Å²) in [4.78, 5) is 32.6. The number of ketones is 1. The number of thioether (sulfide) groups is 1. The topological polar surface area (TPSA) is 99.4 Å². The summed E-state index contributed by atoms with van der Waals surface area (Å²) >= 11 is 7.38. The number of ether oxygens (including phenoxy) is 1. The molecule has 2 aromatic rings. The number of aliphatic hydroxyl groups is 2. The molecule has 2 atom stereocenters. The van der Waals surface area contributed by atoms with E-state index in [1.807, 2.05) is 38.1 Å². The summed E-state index contributed by atoms with van der Waals surface area (Å²) in [5, 5.41) is 18.0. The molecule has 32 heavy (non-hydrogen) atoms. The molecular formula is C23H25ClN2O5S. The van der Waals surface area contributed by atoms with Crippen LogP contribution in [0.3, 0.4) is 0 Å². The van der Waals surface area contributed by atoms with Crippen LogP contribution in [-0.2, 0) is 4.79 Å². The summed E-state index contributed by atoms with van der Waals surface area (Å²) in [5.74, 6) is -0.441. The number of carbonyl (C=O) groups excluding carboxylic acids is 2. The molecule has 7 nitrogen and oxygen atoms in total. The second-order valence-corrected chi connectivity index (χ2v) is 8.76. The molecule has 1 fully saturated rings. The highest BCUT2D eigenvalue weighted by Crippen LogP contribution is 2.36. The average Bonchev–Trinajstić information content (AvgIpc) is 3.12. The lowest BCUT2D eigenvalue weighted by Gasteiger charge is -2.18. The van der Waals surface area contributed by atoms with E-state index in [1.54, 1.807) is 0 Å². The fourth-order valence-corrected chi connectivity index (χ4v) is 4.45. The molecule has 170 valence electrons. The molecule has 1 saturated heterocycles. The predicted octanol–water partition coefficient (Wildman–Crippen LogP) is 3.48. The second-order valence-electron chi connectivity index (χ2n) is 7.28. The Balaban J connectivity index is 1.86. The standard InChI is InChI=1S/C23H25ClN2O5S/c1-3-10-25-23-26(18-7-5-4-6-14(18)2)22(30)21(32-23)20(29)15-8-9-19(17(24)11-15)31-13-16(28)12-27/h4-9,11,16,21,27-28H,3,10,12-13H2,1-2H3/b25-23+/t16-,21?/m0/s1. The minimum atomic E-state index is -1.03. The van der Waals surface area contributed by atoms with Gasteiger partial charge in [0.05, 0.1) is 17.3 Å². The predicted molar refractivity (Wildman–Crippen MR) is 127 cm³/mol. The van der Waals surface area contributed by atoms with E-state index < -0.39 is 18.0 Å². The molecule has 0 aliphatic carbocycles. The number of halogens is 1. The van der Waals surface area contributed by atoms with Crippen molar-refractivity contribution in [3.05, 3.63) is 58.6 Å². The third kappa shape index (κ3) is 5.32. The minimum Gasteiger partial charge on any atom is -0.489 e. The van der Waals surface area contributed by atoms with Gasteiger partial charge in [0.15, 0.2) is 16.2 Å². The van der Waals surface area contributed by atoms with Gasteiger partial charge in [-0.25, -0.2) is 0 Å². The van der Waals surface area contributed by atoms with Crippen LogP contribution in [0.1, 0.15) is 29.3 Å². The largest absolute Gasteiger partial charge is 0.489 e. The van der Waals surface area contributed by atoms with Crippen molar-refractivity contribution in [1.82, 2.24) is 0 Å². The van der Waals surface area contributed by atoms with E-state index in [0.717, 1.165) is 23.7 Å². The minimum absolute atomic E-state index is 0.136. The maximum absolute atomic E-state index is 13.3. The van der Waals surface area contributed by atoms with Gasteiger partial charge in [-0.2, -0.15) is 0 Å². The molecule has 0 bridgehead atoms. The number of anilines is 1. The number of aryl methyl sites for hydroxylation is 1. The van der Waals surface area contributed by atoms with Crippen LogP contribution < -0.4 is 9.64 Å². The molecule has 0 radical (unpaired) electrons. The van der Waals surface area contributed by atoms with Crippen LogP contribution in [0.4, 0.5) is 5.69 Å². The van der Waals surface area contributed by atoms with Gasteiger partial charge >= 0.3 is 0 Å². The van der Waals surface area contributed by atoms with Gasteiger partial charge in [-0.05, 0) is 43.2 Å². The maximum Gasteiger partial charge on any atom is 0.254 e. The smallest absolute Gasteiger partial charge is 0.254 e. The van der Waals surface area contributed by atoms with E-state index in [0.29, 0.717) is 17.4 Å². The monoisotopic (exact) mass is 476 g/mol. The van der Waals surface area contributed by atoms with Gasteiger partial charge in [-0.1, -0.05) is 48.5 Å². The highest BCUT2D eigenvalue weighted by Gasteiger charge is 2.44. The van der Waals surface area contributed by atoms with E-state index in [1.165, 1.54) is 23.1 Å². The SMILES string of the molecule is CCC/N=C1/SC(C(=O)c2ccc(OC[C@@H](O)CO)c(Cl)c2)C(=O)N1c1ccccc1C. The van der Waals surface area contributed by atoms with Crippen LogP contribution in [0.25, 0.3) is 0 Å². The first-order chi connectivity index (χ1) is 15.4. The van der Waals surface area contributed by atoms with Crippen LogP contribution in [-0.4, -0.2) is 58.2 Å². The number of aliphatic imine (C=N–C) groups is 1. The molecule has 1 aliphatic heterocycles. The summed E-state index contributed by atoms with van der Waals surface area (Å²) in [6.45, 7) is 3.89. The van der Waals surface area contributed by atoms with Crippen molar-refractivity contribution < 1.29 is 24.5 Å². The molecule has 2 N–H and O–H groups in total. The third-order valence-corrected chi connectivity index (χ3v) is 6.25. The fraction of sp³-hybridized carbons (Fsp3) is 0.348. The molecule has 2 aromatic carbocycles. The van der Waals surface area contributed by atoms with Gasteiger partial charge in [0, 0.05) is 12.1 Å². The highest BCUT2D eigenvalue weighted by atomic mass is 35.5. The first-order valence-electron chi connectivity index (χ1n) is 10.2. The number of rotatable bonds is 9. The molecule has 9 heteroatoms. The van der Waals surface area contributed by atoms with E-state index in [9.17, 15) is 14.7 Å². The van der Waals surface area contributed by atoms with E-state index in [-0.39, 0.29) is 34.6 Å². The first kappa shape index (κ1) is 24.3. The van der Waals surface area contributed by atoms with Gasteiger partial charge in [-0.3, -0.25) is 19.5 Å². The Labute approximate surface area is 196 Å². The fourth-order valence-electron chi connectivity index (χ4n) is 3.10. The molecule has 1 heterocycles. The Kier molecular flexibility index (Phi) is 8.31. The molecule has 0 spiro atoms. The van der Waals surface area contributed by atoms with Crippen LogP contribution >= 0.6 is 23.4 Å². The quantitative estimate of drug-likeness (QED) is 0.424. The van der Waals surface area contributed by atoms with E-state index in [2.05, 4.69) is 4.99 Å². The lowest BCUT2D eigenvalue weighted by molar-refractivity contribution is -0.116.